The highest BCUT2D eigenvalue weighted by atomic mass is 31.0. The molecule has 1 fully saturated rings. The summed E-state index contributed by atoms with van der Waals surface area (Å²) in [5, 5.41) is 0. The van der Waals surface area contributed by atoms with E-state index < -0.39 is 6.29 Å². The fraction of sp³-hybridized carbons (Fsp3) is 1.00. The Kier molecular flexibility index (Phi) is 6.76. The zero-order valence-corrected chi connectivity index (χ0v) is 12.0. The third kappa shape index (κ3) is 3.01. The Morgan fingerprint density at radius 1 is 0.857 bits per heavy atom. The van der Waals surface area contributed by atoms with Crippen molar-refractivity contribution in [3.63, 3.8) is 0 Å². The Labute approximate surface area is 92.4 Å². The van der Waals surface area contributed by atoms with Crippen molar-refractivity contribution in [1.29, 1.82) is 0 Å². The molecule has 84 valence electrons. The maximum absolute atomic E-state index is 5.36. The zero-order chi connectivity index (χ0) is 10.6. The van der Waals surface area contributed by atoms with Gasteiger partial charge in [-0.1, -0.05) is 0 Å². The Balaban J connectivity index is 2.67. The van der Waals surface area contributed by atoms with Crippen molar-refractivity contribution in [2.24, 2.45) is 0 Å². The molecular formula is C5H14O5P4. The van der Waals surface area contributed by atoms with E-state index in [9.17, 15) is 0 Å². The predicted molar refractivity (Wildman–Crippen MR) is 64.3 cm³/mol. The highest BCUT2D eigenvalue weighted by molar-refractivity contribution is 7.10. The van der Waals surface area contributed by atoms with Gasteiger partial charge in [0.2, 0.25) is 0 Å². The van der Waals surface area contributed by atoms with Gasteiger partial charge in [-0.25, -0.2) is 0 Å². The van der Waals surface area contributed by atoms with Crippen LogP contribution in [0.1, 0.15) is 0 Å². The van der Waals surface area contributed by atoms with E-state index in [1.54, 1.807) is 0 Å². The van der Waals surface area contributed by atoms with Crippen LogP contribution in [0.2, 0.25) is 0 Å². The van der Waals surface area contributed by atoms with E-state index in [4.69, 9.17) is 22.8 Å². The summed E-state index contributed by atoms with van der Waals surface area (Å²) in [6.07, 6.45) is -1.28. The smallest absolute Gasteiger partial charge is 0.189 e. The molecular weight excluding hydrogens is 264 g/mol. The van der Waals surface area contributed by atoms with Gasteiger partial charge in [-0.05, 0) is 0 Å². The van der Waals surface area contributed by atoms with Crippen LogP contribution in [-0.4, -0.2) is 31.2 Å². The van der Waals surface area contributed by atoms with Crippen LogP contribution >= 0.6 is 37.9 Å². The van der Waals surface area contributed by atoms with Crippen LogP contribution in [0.15, 0.2) is 0 Å². The van der Waals surface area contributed by atoms with Crippen LogP contribution in [0.25, 0.3) is 0 Å². The van der Waals surface area contributed by atoms with Crippen LogP contribution in [0.5, 0.6) is 0 Å². The first-order valence-corrected chi connectivity index (χ1v) is 5.70. The Bertz CT molecular complexity index is 154. The molecule has 0 aliphatic carbocycles. The molecule has 0 N–H and O–H groups in total. The summed E-state index contributed by atoms with van der Waals surface area (Å²) < 4.78 is 25.9. The molecule has 8 unspecified atom stereocenters. The summed E-state index contributed by atoms with van der Waals surface area (Å²) in [6, 6.07) is 0. The molecule has 0 amide bonds. The van der Waals surface area contributed by atoms with Crippen LogP contribution in [0.3, 0.4) is 0 Å². The molecule has 1 rings (SSSR count). The second-order valence-electron chi connectivity index (χ2n) is 2.71. The van der Waals surface area contributed by atoms with Crippen molar-refractivity contribution in [1.82, 2.24) is 0 Å². The molecule has 0 radical (unpaired) electrons. The van der Waals surface area contributed by atoms with Gasteiger partial charge in [-0.15, -0.1) is 0 Å². The highest BCUT2D eigenvalue weighted by Crippen LogP contribution is 2.28. The quantitative estimate of drug-likeness (QED) is 0.707. The van der Waals surface area contributed by atoms with Crippen molar-refractivity contribution in [3.8, 4) is 0 Å². The van der Waals surface area contributed by atoms with Crippen molar-refractivity contribution < 1.29 is 22.8 Å². The third-order valence-corrected chi connectivity index (χ3v) is 3.25. The standard InChI is InChI=1S/C5H14O5P4/c11-7-2-1-6-5(10-14)4(9-13)3(2)8-12/h2-5H,1,11-14H2. The van der Waals surface area contributed by atoms with Crippen LogP contribution in [0, 0.1) is 0 Å². The van der Waals surface area contributed by atoms with E-state index in [-0.39, 0.29) is 18.3 Å². The minimum Gasteiger partial charge on any atom is -0.357 e. The maximum Gasteiger partial charge on any atom is 0.189 e. The lowest BCUT2D eigenvalue weighted by atomic mass is 10.1. The minimum atomic E-state index is -0.473. The molecule has 9 heteroatoms. The molecule has 1 aliphatic rings. The summed E-state index contributed by atoms with van der Waals surface area (Å²) >= 11 is 0. The molecule has 1 aliphatic heterocycles. The molecule has 8 atom stereocenters. The molecule has 0 spiro atoms. The first kappa shape index (κ1) is 13.6. The van der Waals surface area contributed by atoms with Crippen LogP contribution in [0.4, 0.5) is 0 Å². The van der Waals surface area contributed by atoms with Crippen LogP contribution in [-0.2, 0) is 22.8 Å². The molecule has 0 aromatic carbocycles. The van der Waals surface area contributed by atoms with E-state index in [2.05, 4.69) is 37.9 Å². The molecule has 5 nitrogen and oxygen atoms in total. The summed E-state index contributed by atoms with van der Waals surface area (Å²) in [4.78, 5) is 0. The monoisotopic (exact) mass is 278 g/mol. The fourth-order valence-electron chi connectivity index (χ4n) is 1.29. The van der Waals surface area contributed by atoms with Gasteiger partial charge in [0.1, 0.15) is 18.3 Å². The fourth-order valence-corrected chi connectivity index (χ4v) is 2.37. The van der Waals surface area contributed by atoms with Gasteiger partial charge in [-0.3, -0.25) is 0 Å². The van der Waals surface area contributed by atoms with Gasteiger partial charge in [0, 0.05) is 37.9 Å². The van der Waals surface area contributed by atoms with E-state index >= 15 is 0 Å². The summed E-state index contributed by atoms with van der Waals surface area (Å²) in [7, 11) is 8.69. The second-order valence-corrected chi connectivity index (χ2v) is 3.80. The topological polar surface area (TPSA) is 46.2 Å². The molecule has 0 aromatic heterocycles. The lowest BCUT2D eigenvalue weighted by molar-refractivity contribution is -0.213. The van der Waals surface area contributed by atoms with Gasteiger partial charge in [0.15, 0.2) is 6.29 Å². The SMILES string of the molecule is POC1COC(OP)C(OP)C1OP. The lowest BCUT2D eigenvalue weighted by Crippen LogP contribution is -2.53. The number of hydrogen-bond donors (Lipinski definition) is 0. The van der Waals surface area contributed by atoms with E-state index in [0.29, 0.717) is 6.61 Å². The molecule has 0 aromatic rings. The Morgan fingerprint density at radius 3 is 1.93 bits per heavy atom. The van der Waals surface area contributed by atoms with E-state index in [0.717, 1.165) is 0 Å². The summed E-state index contributed by atoms with van der Waals surface area (Å²) in [5.41, 5.74) is 0. The summed E-state index contributed by atoms with van der Waals surface area (Å²) in [5.74, 6) is 0. The van der Waals surface area contributed by atoms with Gasteiger partial charge in [-0.2, -0.15) is 0 Å². The Hall–Kier alpha value is 1.52. The molecule has 0 saturated carbocycles. The maximum atomic E-state index is 5.36. The normalized spacial score (nSPS) is 38.6. The molecule has 14 heavy (non-hydrogen) atoms. The molecule has 1 saturated heterocycles. The minimum absolute atomic E-state index is 0.195. The van der Waals surface area contributed by atoms with Gasteiger partial charge in [0.05, 0.1) is 6.61 Å². The Morgan fingerprint density at radius 2 is 1.50 bits per heavy atom. The largest absolute Gasteiger partial charge is 0.357 e. The molecule has 0 bridgehead atoms. The first-order chi connectivity index (χ1) is 6.78. The number of ether oxygens (including phenoxy) is 1. The van der Waals surface area contributed by atoms with Crippen molar-refractivity contribution in [3.05, 3.63) is 0 Å². The van der Waals surface area contributed by atoms with Gasteiger partial charge >= 0.3 is 0 Å². The number of hydrogen-bond acceptors (Lipinski definition) is 5. The molecule has 1 heterocycles. The van der Waals surface area contributed by atoms with E-state index in [1.807, 2.05) is 0 Å². The lowest BCUT2D eigenvalue weighted by Gasteiger charge is -2.39. The van der Waals surface area contributed by atoms with Crippen molar-refractivity contribution in [2.45, 2.75) is 24.6 Å². The third-order valence-electron chi connectivity index (χ3n) is 2.01. The highest BCUT2D eigenvalue weighted by Gasteiger charge is 2.42. The zero-order valence-electron chi connectivity index (χ0n) is 7.37. The predicted octanol–water partition coefficient (Wildman–Crippen LogP) is 0.675. The van der Waals surface area contributed by atoms with Crippen molar-refractivity contribution >= 4 is 37.9 Å². The number of rotatable bonds is 4. The van der Waals surface area contributed by atoms with Gasteiger partial charge < -0.3 is 22.8 Å². The summed E-state index contributed by atoms with van der Waals surface area (Å²) in [6.45, 7) is 0.395. The van der Waals surface area contributed by atoms with Crippen LogP contribution < -0.4 is 0 Å². The van der Waals surface area contributed by atoms with Crippen molar-refractivity contribution in [2.75, 3.05) is 6.61 Å². The average molecular weight is 278 g/mol. The second kappa shape index (κ2) is 6.97. The average Bonchev–Trinajstić information content (AvgIpc) is 2.26. The van der Waals surface area contributed by atoms with E-state index in [1.165, 1.54) is 0 Å². The van der Waals surface area contributed by atoms with Gasteiger partial charge in [0.25, 0.3) is 0 Å². The first-order valence-electron chi connectivity index (χ1n) is 3.82.